The molecular weight excluding hydrogens is 372 g/mol. The van der Waals surface area contributed by atoms with Gasteiger partial charge in [-0.3, -0.25) is 9.59 Å². The van der Waals surface area contributed by atoms with E-state index < -0.39 is 0 Å². The summed E-state index contributed by atoms with van der Waals surface area (Å²) in [5.41, 5.74) is 2.60. The molecule has 0 aliphatic heterocycles. The molecule has 0 unspecified atom stereocenters. The number of anilines is 1. The zero-order valence-electron chi connectivity index (χ0n) is 15.9. The number of ether oxygens (including phenoxy) is 1. The SMILES string of the molecule is CC(=O)c1ccc(OCCCC(=O)Nc2nc(-c3ccccc3)c(C)s2)cc1. The Morgan fingerprint density at radius 2 is 1.79 bits per heavy atom. The van der Waals surface area contributed by atoms with Gasteiger partial charge in [-0.15, -0.1) is 11.3 Å². The molecule has 0 saturated heterocycles. The summed E-state index contributed by atoms with van der Waals surface area (Å²) in [5, 5.41) is 3.48. The number of aromatic nitrogens is 1. The summed E-state index contributed by atoms with van der Waals surface area (Å²) in [6, 6.07) is 16.9. The third-order valence-corrected chi connectivity index (χ3v) is 5.05. The van der Waals surface area contributed by atoms with Crippen molar-refractivity contribution in [3.8, 4) is 17.0 Å². The van der Waals surface area contributed by atoms with Gasteiger partial charge in [0.2, 0.25) is 5.91 Å². The first kappa shape index (κ1) is 19.8. The second-order valence-corrected chi connectivity index (χ2v) is 7.57. The standard InChI is InChI=1S/C22H22N2O3S/c1-15(25)17-10-12-19(13-11-17)27-14-6-9-20(26)23-22-24-21(16(2)28-22)18-7-4-3-5-8-18/h3-5,7-8,10-13H,6,9,14H2,1-2H3,(H,23,24,26). The molecule has 1 aromatic heterocycles. The first-order valence-corrected chi connectivity index (χ1v) is 9.91. The van der Waals surface area contributed by atoms with E-state index in [-0.39, 0.29) is 11.7 Å². The summed E-state index contributed by atoms with van der Waals surface area (Å²) in [5.74, 6) is 0.633. The topological polar surface area (TPSA) is 68.3 Å². The molecule has 3 rings (SSSR count). The van der Waals surface area contributed by atoms with Crippen molar-refractivity contribution in [2.75, 3.05) is 11.9 Å². The summed E-state index contributed by atoms with van der Waals surface area (Å²) in [7, 11) is 0. The number of carbonyl (C=O) groups excluding carboxylic acids is 2. The second kappa shape index (κ2) is 9.28. The Hall–Kier alpha value is -2.99. The number of thiazole rings is 1. The van der Waals surface area contributed by atoms with Gasteiger partial charge in [0.1, 0.15) is 5.75 Å². The molecular formula is C22H22N2O3S. The fourth-order valence-corrected chi connectivity index (χ4v) is 3.56. The van der Waals surface area contributed by atoms with Crippen LogP contribution in [0.3, 0.4) is 0 Å². The van der Waals surface area contributed by atoms with Crippen molar-refractivity contribution in [1.82, 2.24) is 4.98 Å². The van der Waals surface area contributed by atoms with Gasteiger partial charge in [-0.2, -0.15) is 0 Å². The van der Waals surface area contributed by atoms with Crippen molar-refractivity contribution in [2.24, 2.45) is 0 Å². The number of amides is 1. The van der Waals surface area contributed by atoms with E-state index in [1.807, 2.05) is 37.3 Å². The van der Waals surface area contributed by atoms with Crippen LogP contribution in [0.5, 0.6) is 5.75 Å². The number of rotatable bonds is 8. The van der Waals surface area contributed by atoms with Gasteiger partial charge in [0.05, 0.1) is 12.3 Å². The second-order valence-electron chi connectivity index (χ2n) is 6.37. The molecule has 1 heterocycles. The highest BCUT2D eigenvalue weighted by atomic mass is 32.1. The zero-order valence-corrected chi connectivity index (χ0v) is 16.7. The van der Waals surface area contributed by atoms with Gasteiger partial charge in [-0.1, -0.05) is 30.3 Å². The smallest absolute Gasteiger partial charge is 0.226 e. The van der Waals surface area contributed by atoms with Crippen molar-refractivity contribution in [3.63, 3.8) is 0 Å². The average molecular weight is 394 g/mol. The Morgan fingerprint density at radius 1 is 1.07 bits per heavy atom. The third-order valence-electron chi connectivity index (χ3n) is 4.17. The van der Waals surface area contributed by atoms with Crippen LogP contribution in [0.4, 0.5) is 5.13 Å². The van der Waals surface area contributed by atoms with E-state index in [1.54, 1.807) is 24.3 Å². The number of aryl methyl sites for hydroxylation is 1. The number of nitrogens with one attached hydrogen (secondary N) is 1. The predicted octanol–water partition coefficient (Wildman–Crippen LogP) is 5.12. The number of hydrogen-bond acceptors (Lipinski definition) is 5. The highest BCUT2D eigenvalue weighted by Gasteiger charge is 2.12. The Morgan fingerprint density at radius 3 is 2.46 bits per heavy atom. The van der Waals surface area contributed by atoms with Gasteiger partial charge in [0, 0.05) is 22.4 Å². The largest absolute Gasteiger partial charge is 0.494 e. The summed E-state index contributed by atoms with van der Waals surface area (Å²) >= 11 is 1.48. The van der Waals surface area contributed by atoms with Crippen molar-refractivity contribution < 1.29 is 14.3 Å². The molecule has 1 amide bonds. The molecule has 28 heavy (non-hydrogen) atoms. The fraction of sp³-hybridized carbons (Fsp3) is 0.227. The van der Waals surface area contributed by atoms with Crippen molar-refractivity contribution in [2.45, 2.75) is 26.7 Å². The number of nitrogens with zero attached hydrogens (tertiary/aromatic N) is 1. The van der Waals surface area contributed by atoms with Crippen LogP contribution in [0.25, 0.3) is 11.3 Å². The lowest BCUT2D eigenvalue weighted by Gasteiger charge is -2.06. The average Bonchev–Trinajstić information content (AvgIpc) is 3.06. The zero-order chi connectivity index (χ0) is 19.9. The van der Waals surface area contributed by atoms with Crippen LogP contribution in [0.15, 0.2) is 54.6 Å². The highest BCUT2D eigenvalue weighted by molar-refractivity contribution is 7.16. The van der Waals surface area contributed by atoms with Crippen LogP contribution in [0.1, 0.15) is 35.0 Å². The van der Waals surface area contributed by atoms with E-state index in [0.717, 1.165) is 16.1 Å². The third kappa shape index (κ3) is 5.27. The Balaban J connectivity index is 1.45. The summed E-state index contributed by atoms with van der Waals surface area (Å²) in [4.78, 5) is 29.0. The lowest BCUT2D eigenvalue weighted by Crippen LogP contribution is -2.12. The lowest BCUT2D eigenvalue weighted by atomic mass is 10.1. The van der Waals surface area contributed by atoms with Crippen molar-refractivity contribution >= 4 is 28.2 Å². The highest BCUT2D eigenvalue weighted by Crippen LogP contribution is 2.30. The number of benzene rings is 2. The molecule has 0 spiro atoms. The quantitative estimate of drug-likeness (QED) is 0.425. The first-order chi connectivity index (χ1) is 13.5. The van der Waals surface area contributed by atoms with E-state index in [0.29, 0.717) is 35.9 Å². The van der Waals surface area contributed by atoms with Gasteiger partial charge in [0.15, 0.2) is 10.9 Å². The van der Waals surface area contributed by atoms with Crippen LogP contribution in [-0.4, -0.2) is 23.3 Å². The fourth-order valence-electron chi connectivity index (χ4n) is 2.70. The summed E-state index contributed by atoms with van der Waals surface area (Å²) in [6.07, 6.45) is 0.945. The van der Waals surface area contributed by atoms with Gasteiger partial charge in [-0.05, 0) is 44.5 Å². The normalized spacial score (nSPS) is 10.5. The Bertz CT molecular complexity index is 950. The molecule has 0 aliphatic rings. The molecule has 0 fully saturated rings. The van der Waals surface area contributed by atoms with E-state index in [4.69, 9.17) is 4.74 Å². The molecule has 0 atom stereocenters. The maximum Gasteiger partial charge on any atom is 0.226 e. The van der Waals surface area contributed by atoms with Crippen LogP contribution in [0, 0.1) is 6.92 Å². The molecule has 5 nitrogen and oxygen atoms in total. The summed E-state index contributed by atoms with van der Waals surface area (Å²) in [6.45, 7) is 3.96. The molecule has 0 saturated carbocycles. The minimum atomic E-state index is -0.0797. The van der Waals surface area contributed by atoms with Gasteiger partial charge in [0.25, 0.3) is 0 Å². The van der Waals surface area contributed by atoms with Gasteiger partial charge < -0.3 is 10.1 Å². The van der Waals surface area contributed by atoms with E-state index >= 15 is 0 Å². The van der Waals surface area contributed by atoms with Crippen molar-refractivity contribution in [1.29, 1.82) is 0 Å². The van der Waals surface area contributed by atoms with E-state index in [9.17, 15) is 9.59 Å². The predicted molar refractivity (Wildman–Crippen MR) is 112 cm³/mol. The number of hydrogen-bond donors (Lipinski definition) is 1. The molecule has 1 N–H and O–H groups in total. The first-order valence-electron chi connectivity index (χ1n) is 9.09. The van der Waals surface area contributed by atoms with E-state index in [1.165, 1.54) is 18.3 Å². The van der Waals surface area contributed by atoms with Crippen LogP contribution in [-0.2, 0) is 4.79 Å². The molecule has 6 heteroatoms. The number of ketones is 1. The van der Waals surface area contributed by atoms with E-state index in [2.05, 4.69) is 10.3 Å². The Labute approximate surface area is 168 Å². The van der Waals surface area contributed by atoms with Crippen molar-refractivity contribution in [3.05, 3.63) is 65.0 Å². The molecule has 0 aliphatic carbocycles. The maximum atomic E-state index is 12.2. The number of carbonyl (C=O) groups is 2. The molecule has 0 radical (unpaired) electrons. The molecule has 0 bridgehead atoms. The molecule has 144 valence electrons. The van der Waals surface area contributed by atoms with Crippen LogP contribution >= 0.6 is 11.3 Å². The monoisotopic (exact) mass is 394 g/mol. The minimum Gasteiger partial charge on any atom is -0.494 e. The minimum absolute atomic E-state index is 0.0241. The summed E-state index contributed by atoms with van der Waals surface area (Å²) < 4.78 is 5.62. The molecule has 2 aromatic carbocycles. The lowest BCUT2D eigenvalue weighted by molar-refractivity contribution is -0.116. The Kier molecular flexibility index (Phi) is 6.55. The van der Waals surface area contributed by atoms with Gasteiger partial charge in [-0.25, -0.2) is 4.98 Å². The van der Waals surface area contributed by atoms with Crippen LogP contribution in [0.2, 0.25) is 0 Å². The maximum absolute atomic E-state index is 12.2. The number of Topliss-reactive ketones (excluding diaryl/α,β-unsaturated/α-hetero) is 1. The van der Waals surface area contributed by atoms with Crippen LogP contribution < -0.4 is 10.1 Å². The molecule has 3 aromatic rings. The van der Waals surface area contributed by atoms with Gasteiger partial charge >= 0.3 is 0 Å².